The highest BCUT2D eigenvalue weighted by Crippen LogP contribution is 2.08. The second kappa shape index (κ2) is 5.61. The van der Waals surface area contributed by atoms with Crippen LogP contribution in [-0.4, -0.2) is 6.04 Å². The lowest BCUT2D eigenvalue weighted by molar-refractivity contribution is 0.609. The molecule has 0 saturated heterocycles. The molecule has 0 radical (unpaired) electrons. The number of hydrogen-bond donors (Lipinski definition) is 1. The zero-order valence-corrected chi connectivity index (χ0v) is 8.87. The van der Waals surface area contributed by atoms with Gasteiger partial charge in [-0.1, -0.05) is 35.9 Å². The predicted octanol–water partition coefficient (Wildman–Crippen LogP) is 2.91. The summed E-state index contributed by atoms with van der Waals surface area (Å²) >= 11 is 0. The number of allylic oxidation sites excluding steroid dienone is 1. The summed E-state index contributed by atoms with van der Waals surface area (Å²) < 4.78 is 0. The monoisotopic (exact) mass is 189 g/mol. The van der Waals surface area contributed by atoms with Crippen molar-refractivity contribution in [3.8, 4) is 0 Å². The maximum atomic E-state index is 6.01. The van der Waals surface area contributed by atoms with Crippen LogP contribution in [0.3, 0.4) is 0 Å². The van der Waals surface area contributed by atoms with E-state index in [4.69, 9.17) is 5.73 Å². The van der Waals surface area contributed by atoms with Crippen LogP contribution in [0.4, 0.5) is 0 Å². The Morgan fingerprint density at radius 2 is 2.00 bits per heavy atom. The van der Waals surface area contributed by atoms with Crippen LogP contribution in [0, 0.1) is 0 Å². The molecule has 0 aliphatic carbocycles. The molecule has 1 heteroatoms. The number of rotatable bonds is 5. The quantitative estimate of drug-likeness (QED) is 0.708. The molecule has 76 valence electrons. The molecule has 1 unspecified atom stereocenters. The maximum absolute atomic E-state index is 6.01. The van der Waals surface area contributed by atoms with Crippen molar-refractivity contribution < 1.29 is 0 Å². The van der Waals surface area contributed by atoms with E-state index in [0.29, 0.717) is 0 Å². The van der Waals surface area contributed by atoms with Gasteiger partial charge in [0.25, 0.3) is 0 Å². The first-order chi connectivity index (χ1) is 6.68. The van der Waals surface area contributed by atoms with Gasteiger partial charge in [-0.2, -0.15) is 0 Å². The van der Waals surface area contributed by atoms with E-state index >= 15 is 0 Å². The van der Waals surface area contributed by atoms with Gasteiger partial charge >= 0.3 is 0 Å². The summed E-state index contributed by atoms with van der Waals surface area (Å²) in [4.78, 5) is 0. The van der Waals surface area contributed by atoms with Gasteiger partial charge in [0.1, 0.15) is 0 Å². The van der Waals surface area contributed by atoms with E-state index in [2.05, 4.69) is 37.8 Å². The Morgan fingerprint density at radius 1 is 1.36 bits per heavy atom. The molecule has 0 aliphatic heterocycles. The predicted molar refractivity (Wildman–Crippen MR) is 62.2 cm³/mol. The minimum absolute atomic E-state index is 0.258. The van der Waals surface area contributed by atoms with Gasteiger partial charge in [0.2, 0.25) is 0 Å². The number of benzene rings is 1. The molecule has 1 aromatic rings. The van der Waals surface area contributed by atoms with E-state index in [1.807, 2.05) is 6.07 Å². The summed E-state index contributed by atoms with van der Waals surface area (Å²) in [5.41, 5.74) is 8.55. The van der Waals surface area contributed by atoms with E-state index in [-0.39, 0.29) is 6.04 Å². The lowest BCUT2D eigenvalue weighted by atomic mass is 10.0. The van der Waals surface area contributed by atoms with E-state index < -0.39 is 0 Å². The lowest BCUT2D eigenvalue weighted by Gasteiger charge is -2.11. The normalized spacial score (nSPS) is 12.4. The molecule has 2 N–H and O–H groups in total. The second-order valence-corrected chi connectivity index (χ2v) is 3.95. The maximum Gasteiger partial charge on any atom is 0.00823 e. The first-order valence-corrected chi connectivity index (χ1v) is 5.12. The molecule has 1 aromatic carbocycles. The van der Waals surface area contributed by atoms with Gasteiger partial charge in [-0.25, -0.2) is 0 Å². The lowest BCUT2D eigenvalue weighted by Crippen LogP contribution is -2.22. The van der Waals surface area contributed by atoms with Crippen LogP contribution in [-0.2, 0) is 6.42 Å². The van der Waals surface area contributed by atoms with Crippen LogP contribution in [0.5, 0.6) is 0 Å². The third-order valence-electron chi connectivity index (χ3n) is 2.28. The van der Waals surface area contributed by atoms with Gasteiger partial charge in [0, 0.05) is 6.04 Å². The Balaban J connectivity index is 2.34. The number of nitrogens with two attached hydrogens (primary N) is 1. The minimum atomic E-state index is 0.258. The largest absolute Gasteiger partial charge is 0.327 e. The summed E-state index contributed by atoms with van der Waals surface area (Å²) in [6.45, 7) is 5.93. The van der Waals surface area contributed by atoms with Gasteiger partial charge in [0.15, 0.2) is 0 Å². The van der Waals surface area contributed by atoms with Crippen molar-refractivity contribution in [2.75, 3.05) is 0 Å². The van der Waals surface area contributed by atoms with Crippen LogP contribution in [0.1, 0.15) is 25.3 Å². The molecule has 0 bridgehead atoms. The Kier molecular flexibility index (Phi) is 4.41. The van der Waals surface area contributed by atoms with Gasteiger partial charge in [-0.15, -0.1) is 6.58 Å². The summed E-state index contributed by atoms with van der Waals surface area (Å²) in [6.07, 6.45) is 3.03. The first-order valence-electron chi connectivity index (χ1n) is 5.12. The molecule has 1 atom stereocenters. The molecule has 0 amide bonds. The van der Waals surface area contributed by atoms with Crippen molar-refractivity contribution in [2.45, 2.75) is 32.2 Å². The summed E-state index contributed by atoms with van der Waals surface area (Å²) in [7, 11) is 0. The van der Waals surface area contributed by atoms with Crippen molar-refractivity contribution in [2.24, 2.45) is 5.73 Å². The SMILES string of the molecule is C=C(C)CCC(N)Cc1ccccc1. The fraction of sp³-hybridized carbons (Fsp3) is 0.385. The van der Waals surface area contributed by atoms with Crippen LogP contribution in [0.2, 0.25) is 0 Å². The molecule has 0 aliphatic rings. The van der Waals surface area contributed by atoms with Gasteiger partial charge in [-0.3, -0.25) is 0 Å². The van der Waals surface area contributed by atoms with Crippen LogP contribution in [0.25, 0.3) is 0 Å². The topological polar surface area (TPSA) is 26.0 Å². The van der Waals surface area contributed by atoms with Crippen LogP contribution >= 0.6 is 0 Å². The Hall–Kier alpha value is -1.08. The van der Waals surface area contributed by atoms with Gasteiger partial charge in [0.05, 0.1) is 0 Å². The van der Waals surface area contributed by atoms with Gasteiger partial charge < -0.3 is 5.73 Å². The molecule has 0 aromatic heterocycles. The van der Waals surface area contributed by atoms with Crippen molar-refractivity contribution in [1.29, 1.82) is 0 Å². The highest BCUT2D eigenvalue weighted by atomic mass is 14.6. The molecule has 0 spiro atoms. The second-order valence-electron chi connectivity index (χ2n) is 3.95. The molecule has 1 nitrogen and oxygen atoms in total. The van der Waals surface area contributed by atoms with E-state index in [1.165, 1.54) is 11.1 Å². The van der Waals surface area contributed by atoms with Gasteiger partial charge in [-0.05, 0) is 31.7 Å². The van der Waals surface area contributed by atoms with Crippen LogP contribution in [0.15, 0.2) is 42.5 Å². The molecular formula is C13H19N. The zero-order valence-electron chi connectivity index (χ0n) is 8.87. The minimum Gasteiger partial charge on any atom is -0.327 e. The zero-order chi connectivity index (χ0) is 10.4. The summed E-state index contributed by atoms with van der Waals surface area (Å²) in [6, 6.07) is 10.7. The van der Waals surface area contributed by atoms with E-state index in [0.717, 1.165) is 19.3 Å². The summed E-state index contributed by atoms with van der Waals surface area (Å²) in [5.74, 6) is 0. The van der Waals surface area contributed by atoms with Crippen LogP contribution < -0.4 is 5.73 Å². The Morgan fingerprint density at radius 3 is 2.57 bits per heavy atom. The Bertz CT molecular complexity index is 277. The van der Waals surface area contributed by atoms with Crippen molar-refractivity contribution in [3.63, 3.8) is 0 Å². The fourth-order valence-electron chi connectivity index (χ4n) is 1.45. The van der Waals surface area contributed by atoms with Crippen molar-refractivity contribution >= 4 is 0 Å². The molecule has 14 heavy (non-hydrogen) atoms. The fourth-order valence-corrected chi connectivity index (χ4v) is 1.45. The molecule has 1 rings (SSSR count). The van der Waals surface area contributed by atoms with E-state index in [9.17, 15) is 0 Å². The number of hydrogen-bond acceptors (Lipinski definition) is 1. The molecular weight excluding hydrogens is 170 g/mol. The van der Waals surface area contributed by atoms with E-state index in [1.54, 1.807) is 0 Å². The highest BCUT2D eigenvalue weighted by Gasteiger charge is 2.03. The first kappa shape index (κ1) is 11.0. The third-order valence-corrected chi connectivity index (χ3v) is 2.28. The average molecular weight is 189 g/mol. The molecule has 0 fully saturated rings. The highest BCUT2D eigenvalue weighted by molar-refractivity contribution is 5.15. The standard InChI is InChI=1S/C13H19N/c1-11(2)8-9-13(14)10-12-6-4-3-5-7-12/h3-7,13H,1,8-10,14H2,2H3. The third kappa shape index (κ3) is 4.24. The van der Waals surface area contributed by atoms with Crippen molar-refractivity contribution in [1.82, 2.24) is 0 Å². The molecule has 0 saturated carbocycles. The Labute approximate surface area is 86.6 Å². The summed E-state index contributed by atoms with van der Waals surface area (Å²) in [5, 5.41) is 0. The van der Waals surface area contributed by atoms with Crippen molar-refractivity contribution in [3.05, 3.63) is 48.0 Å². The molecule has 0 heterocycles. The smallest absolute Gasteiger partial charge is 0.00823 e. The average Bonchev–Trinajstić information content (AvgIpc) is 2.16.